The van der Waals surface area contributed by atoms with Crippen molar-refractivity contribution in [2.24, 2.45) is 0 Å². The van der Waals surface area contributed by atoms with Gasteiger partial charge in [-0.25, -0.2) is 4.98 Å². The number of morpholine rings is 1. The van der Waals surface area contributed by atoms with Crippen LogP contribution < -0.4 is 5.32 Å². The summed E-state index contributed by atoms with van der Waals surface area (Å²) in [5.74, 6) is 0.829. The van der Waals surface area contributed by atoms with Crippen molar-refractivity contribution in [1.29, 1.82) is 0 Å². The van der Waals surface area contributed by atoms with Crippen LogP contribution in [0.15, 0.2) is 42.5 Å². The van der Waals surface area contributed by atoms with E-state index in [9.17, 15) is 4.79 Å². The molecule has 0 bridgehead atoms. The average molecular weight is 413 g/mol. The summed E-state index contributed by atoms with van der Waals surface area (Å²) in [7, 11) is 0. The number of benzene rings is 2. The third-order valence-corrected chi connectivity index (χ3v) is 5.45. The lowest BCUT2D eigenvalue weighted by atomic mass is 10.2. The maximum atomic E-state index is 12.6. The summed E-state index contributed by atoms with van der Waals surface area (Å²) in [6.07, 6.45) is 1.03. The molecule has 1 aromatic heterocycles. The standard InChI is InChI=1S/C22H25ClN4O2/c1-2-9-27-20-8-7-16(24-22(28)17-5-3-4-6-18(17)23)14-19(20)25-21(27)15-26-10-12-29-13-11-26/h3-8,14H,2,9-13,15H2,1H3,(H,24,28). The predicted octanol–water partition coefficient (Wildman–Crippen LogP) is 4.18. The lowest BCUT2D eigenvalue weighted by Gasteiger charge is -2.26. The fourth-order valence-corrected chi connectivity index (χ4v) is 3.88. The molecular weight excluding hydrogens is 388 g/mol. The van der Waals surface area contributed by atoms with Crippen molar-refractivity contribution in [1.82, 2.24) is 14.5 Å². The predicted molar refractivity (Wildman–Crippen MR) is 116 cm³/mol. The second kappa shape index (κ2) is 8.95. The Kier molecular flexibility index (Phi) is 6.13. The summed E-state index contributed by atoms with van der Waals surface area (Å²) in [6.45, 7) is 7.28. The third-order valence-electron chi connectivity index (χ3n) is 5.12. The molecule has 7 heteroatoms. The number of fused-ring (bicyclic) bond motifs is 1. The number of aryl methyl sites for hydroxylation is 1. The van der Waals surface area contributed by atoms with E-state index in [-0.39, 0.29) is 5.91 Å². The van der Waals surface area contributed by atoms with E-state index < -0.39 is 0 Å². The van der Waals surface area contributed by atoms with Gasteiger partial charge in [0.15, 0.2) is 0 Å². The third kappa shape index (κ3) is 4.45. The first-order chi connectivity index (χ1) is 14.2. The smallest absolute Gasteiger partial charge is 0.257 e. The van der Waals surface area contributed by atoms with E-state index in [0.717, 1.165) is 62.7 Å². The molecule has 0 aliphatic carbocycles. The van der Waals surface area contributed by atoms with Crippen LogP contribution in [0.2, 0.25) is 5.02 Å². The molecule has 29 heavy (non-hydrogen) atoms. The van der Waals surface area contributed by atoms with E-state index in [1.807, 2.05) is 24.3 Å². The molecule has 152 valence electrons. The molecule has 2 aromatic carbocycles. The summed E-state index contributed by atoms with van der Waals surface area (Å²) >= 11 is 6.14. The van der Waals surface area contributed by atoms with Gasteiger partial charge >= 0.3 is 0 Å². The fraction of sp³-hybridized carbons (Fsp3) is 0.364. The monoisotopic (exact) mass is 412 g/mol. The molecule has 1 aliphatic heterocycles. The molecule has 0 radical (unpaired) electrons. The van der Waals surface area contributed by atoms with Crippen molar-refractivity contribution in [3.8, 4) is 0 Å². The number of carbonyl (C=O) groups excluding carboxylic acids is 1. The Bertz CT molecular complexity index is 1010. The molecule has 2 heterocycles. The zero-order valence-electron chi connectivity index (χ0n) is 16.5. The summed E-state index contributed by atoms with van der Waals surface area (Å²) in [4.78, 5) is 19.8. The van der Waals surface area contributed by atoms with E-state index >= 15 is 0 Å². The highest BCUT2D eigenvalue weighted by Gasteiger charge is 2.17. The topological polar surface area (TPSA) is 59.4 Å². The minimum absolute atomic E-state index is 0.225. The highest BCUT2D eigenvalue weighted by atomic mass is 35.5. The number of nitrogens with zero attached hydrogens (tertiary/aromatic N) is 3. The molecular formula is C22H25ClN4O2. The lowest BCUT2D eigenvalue weighted by molar-refractivity contribution is 0.0326. The van der Waals surface area contributed by atoms with E-state index in [4.69, 9.17) is 21.3 Å². The molecule has 3 aromatic rings. The van der Waals surface area contributed by atoms with Crippen molar-refractivity contribution < 1.29 is 9.53 Å². The Labute approximate surface area is 175 Å². The Morgan fingerprint density at radius 3 is 2.76 bits per heavy atom. The number of anilines is 1. The second-order valence-electron chi connectivity index (χ2n) is 7.21. The number of halogens is 1. The second-order valence-corrected chi connectivity index (χ2v) is 7.61. The van der Waals surface area contributed by atoms with Crippen LogP contribution in [0.3, 0.4) is 0 Å². The molecule has 1 fully saturated rings. The maximum Gasteiger partial charge on any atom is 0.257 e. The van der Waals surface area contributed by atoms with Crippen LogP contribution in [0.5, 0.6) is 0 Å². The van der Waals surface area contributed by atoms with E-state index in [0.29, 0.717) is 16.3 Å². The van der Waals surface area contributed by atoms with Crippen molar-refractivity contribution >= 4 is 34.2 Å². The highest BCUT2D eigenvalue weighted by molar-refractivity contribution is 6.34. The zero-order chi connectivity index (χ0) is 20.2. The molecule has 1 aliphatic rings. The molecule has 6 nitrogen and oxygen atoms in total. The molecule has 0 unspecified atom stereocenters. The first-order valence-electron chi connectivity index (χ1n) is 10.0. The molecule has 4 rings (SSSR count). The van der Waals surface area contributed by atoms with E-state index in [2.05, 4.69) is 21.7 Å². The number of nitrogens with one attached hydrogen (secondary N) is 1. The van der Waals surface area contributed by atoms with Crippen molar-refractivity contribution in [3.63, 3.8) is 0 Å². The largest absolute Gasteiger partial charge is 0.379 e. The number of carbonyl (C=O) groups is 1. The van der Waals surface area contributed by atoms with Gasteiger partial charge < -0.3 is 14.6 Å². The fourth-order valence-electron chi connectivity index (χ4n) is 3.65. The van der Waals surface area contributed by atoms with Crippen LogP contribution in [-0.2, 0) is 17.8 Å². The van der Waals surface area contributed by atoms with Gasteiger partial charge in [-0.15, -0.1) is 0 Å². The van der Waals surface area contributed by atoms with Gasteiger partial charge in [-0.1, -0.05) is 30.7 Å². The van der Waals surface area contributed by atoms with Crippen molar-refractivity contribution in [3.05, 3.63) is 58.9 Å². The molecule has 1 N–H and O–H groups in total. The van der Waals surface area contributed by atoms with Crippen molar-refractivity contribution in [2.75, 3.05) is 31.6 Å². The Balaban J connectivity index is 1.59. The number of hydrogen-bond donors (Lipinski definition) is 1. The minimum atomic E-state index is -0.225. The summed E-state index contributed by atoms with van der Waals surface area (Å²) in [5, 5.41) is 3.37. The number of hydrogen-bond acceptors (Lipinski definition) is 4. The van der Waals surface area contributed by atoms with Gasteiger partial charge in [0.05, 0.1) is 41.4 Å². The van der Waals surface area contributed by atoms with Gasteiger partial charge in [-0.05, 0) is 36.8 Å². The normalized spacial score (nSPS) is 15.0. The Morgan fingerprint density at radius 2 is 2.00 bits per heavy atom. The van der Waals surface area contributed by atoms with Crippen molar-refractivity contribution in [2.45, 2.75) is 26.4 Å². The first kappa shape index (κ1) is 19.9. The average Bonchev–Trinajstić information content (AvgIpc) is 3.05. The van der Waals surface area contributed by atoms with Crippen LogP contribution in [-0.4, -0.2) is 46.7 Å². The number of amides is 1. The maximum absolute atomic E-state index is 12.6. The first-order valence-corrected chi connectivity index (χ1v) is 10.4. The highest BCUT2D eigenvalue weighted by Crippen LogP contribution is 2.23. The Morgan fingerprint density at radius 1 is 1.21 bits per heavy atom. The summed E-state index contributed by atoms with van der Waals surface area (Å²) in [6, 6.07) is 12.9. The Hall–Kier alpha value is -2.41. The number of ether oxygens (including phenoxy) is 1. The summed E-state index contributed by atoms with van der Waals surface area (Å²) < 4.78 is 7.74. The zero-order valence-corrected chi connectivity index (χ0v) is 17.3. The van der Waals surface area contributed by atoms with Gasteiger partial charge in [0, 0.05) is 25.3 Å². The van der Waals surface area contributed by atoms with E-state index in [1.165, 1.54) is 0 Å². The summed E-state index contributed by atoms with van der Waals surface area (Å²) in [5.41, 5.74) is 3.14. The van der Waals surface area contributed by atoms with Gasteiger partial charge in [0.2, 0.25) is 0 Å². The van der Waals surface area contributed by atoms with E-state index in [1.54, 1.807) is 18.2 Å². The van der Waals surface area contributed by atoms with Crippen LogP contribution in [0, 0.1) is 0 Å². The molecule has 0 atom stereocenters. The molecule has 1 saturated heterocycles. The number of imidazole rings is 1. The SMILES string of the molecule is CCCn1c(CN2CCOCC2)nc2cc(NC(=O)c3ccccc3Cl)ccc21. The van der Waals surface area contributed by atoms with Crippen LogP contribution in [0.25, 0.3) is 11.0 Å². The number of aromatic nitrogens is 2. The quantitative estimate of drug-likeness (QED) is 0.659. The molecule has 0 saturated carbocycles. The minimum Gasteiger partial charge on any atom is -0.379 e. The lowest BCUT2D eigenvalue weighted by Crippen LogP contribution is -2.36. The molecule has 0 spiro atoms. The van der Waals surface area contributed by atoms with Crippen LogP contribution in [0.4, 0.5) is 5.69 Å². The van der Waals surface area contributed by atoms with Crippen LogP contribution >= 0.6 is 11.6 Å². The number of rotatable bonds is 6. The molecule has 1 amide bonds. The van der Waals surface area contributed by atoms with Gasteiger partial charge in [0.25, 0.3) is 5.91 Å². The van der Waals surface area contributed by atoms with Gasteiger partial charge in [-0.2, -0.15) is 0 Å². The van der Waals surface area contributed by atoms with Gasteiger partial charge in [0.1, 0.15) is 5.82 Å². The van der Waals surface area contributed by atoms with Crippen LogP contribution in [0.1, 0.15) is 29.5 Å². The van der Waals surface area contributed by atoms with Gasteiger partial charge in [-0.3, -0.25) is 9.69 Å².